The van der Waals surface area contributed by atoms with Gasteiger partial charge < -0.3 is 14.8 Å². The van der Waals surface area contributed by atoms with Gasteiger partial charge in [-0.2, -0.15) is 0 Å². The first-order valence-electron chi connectivity index (χ1n) is 10.9. The summed E-state index contributed by atoms with van der Waals surface area (Å²) in [5, 5.41) is 12.9. The highest BCUT2D eigenvalue weighted by Gasteiger charge is 2.41. The molecule has 0 radical (unpaired) electrons. The van der Waals surface area contributed by atoms with E-state index in [0.29, 0.717) is 13.0 Å². The Labute approximate surface area is 180 Å². The van der Waals surface area contributed by atoms with E-state index >= 15 is 0 Å². The maximum Gasteiger partial charge on any atom is 0.220 e. The van der Waals surface area contributed by atoms with Gasteiger partial charge in [0.2, 0.25) is 5.91 Å². The molecular weight excluding hydrogens is 378 g/mol. The molecule has 0 aliphatic heterocycles. The lowest BCUT2D eigenvalue weighted by atomic mass is 9.91. The van der Waals surface area contributed by atoms with Crippen LogP contribution in [0.2, 0.25) is 18.1 Å². The second-order valence-corrected chi connectivity index (χ2v) is 14.4. The number of aliphatic hydroxyl groups excluding tert-OH is 1. The van der Waals surface area contributed by atoms with Crippen LogP contribution in [0, 0.1) is 11.8 Å². The molecule has 0 saturated heterocycles. The molecule has 29 heavy (non-hydrogen) atoms. The Hall–Kier alpha value is -1.17. The third-order valence-electron chi connectivity index (χ3n) is 5.86. The number of rotatable bonds is 14. The van der Waals surface area contributed by atoms with Gasteiger partial charge in [-0.05, 0) is 50.2 Å². The number of unbranched alkanes of at least 4 members (excludes halogenated alkanes) is 2. The van der Waals surface area contributed by atoms with Gasteiger partial charge in [-0.25, -0.2) is 0 Å². The van der Waals surface area contributed by atoms with E-state index in [0.717, 1.165) is 24.8 Å². The van der Waals surface area contributed by atoms with E-state index in [1.165, 1.54) is 0 Å². The Morgan fingerprint density at radius 3 is 2.34 bits per heavy atom. The third kappa shape index (κ3) is 10.4. The first kappa shape index (κ1) is 27.8. The van der Waals surface area contributed by atoms with Crippen LogP contribution in [-0.4, -0.2) is 38.6 Å². The van der Waals surface area contributed by atoms with Gasteiger partial charge in [0.1, 0.15) is 0 Å². The first-order valence-corrected chi connectivity index (χ1v) is 13.8. The van der Waals surface area contributed by atoms with Crippen molar-refractivity contribution in [2.45, 2.75) is 84.5 Å². The second kappa shape index (κ2) is 13.2. The molecule has 0 heterocycles. The SMILES string of the molecule is C=CCCCCC(=O)NC/C(C)=C\[C@@H](C)[C@H](O[Si](C)(C)C(C)(C)C)[C@H](C=C)CO. The largest absolute Gasteiger partial charge is 0.413 e. The van der Waals surface area contributed by atoms with Gasteiger partial charge >= 0.3 is 0 Å². The predicted molar refractivity (Wildman–Crippen MR) is 127 cm³/mol. The lowest BCUT2D eigenvalue weighted by molar-refractivity contribution is -0.121. The fraction of sp³-hybridized carbons (Fsp3) is 0.708. The van der Waals surface area contributed by atoms with Crippen molar-refractivity contribution >= 4 is 14.2 Å². The molecule has 0 spiro atoms. The summed E-state index contributed by atoms with van der Waals surface area (Å²) in [4.78, 5) is 12.0. The second-order valence-electron chi connectivity index (χ2n) is 9.61. The van der Waals surface area contributed by atoms with E-state index in [-0.39, 0.29) is 35.5 Å². The molecule has 0 bridgehead atoms. The molecule has 0 aliphatic rings. The van der Waals surface area contributed by atoms with Gasteiger partial charge in [0.15, 0.2) is 8.32 Å². The van der Waals surface area contributed by atoms with Crippen LogP contribution in [0.5, 0.6) is 0 Å². The van der Waals surface area contributed by atoms with Gasteiger partial charge in [-0.15, -0.1) is 13.2 Å². The zero-order chi connectivity index (χ0) is 22.7. The predicted octanol–water partition coefficient (Wildman–Crippen LogP) is 5.62. The molecule has 3 atom stereocenters. The molecule has 0 fully saturated rings. The maximum absolute atomic E-state index is 12.0. The van der Waals surface area contributed by atoms with Crippen LogP contribution in [0.25, 0.3) is 0 Å². The number of carbonyl (C=O) groups excluding carboxylic acids is 1. The Balaban J connectivity index is 5.05. The minimum Gasteiger partial charge on any atom is -0.413 e. The highest BCUT2D eigenvalue weighted by molar-refractivity contribution is 6.74. The number of allylic oxidation sites excluding steroid dienone is 1. The minimum absolute atomic E-state index is 0.0153. The lowest BCUT2D eigenvalue weighted by Crippen LogP contribution is -2.47. The number of aliphatic hydroxyl groups is 1. The Morgan fingerprint density at radius 1 is 1.24 bits per heavy atom. The van der Waals surface area contributed by atoms with Gasteiger partial charge in [0, 0.05) is 18.9 Å². The molecule has 1 amide bonds. The molecule has 0 rings (SSSR count). The smallest absolute Gasteiger partial charge is 0.220 e. The van der Waals surface area contributed by atoms with Crippen molar-refractivity contribution in [1.82, 2.24) is 5.32 Å². The van der Waals surface area contributed by atoms with Crippen LogP contribution in [0.3, 0.4) is 0 Å². The van der Waals surface area contributed by atoms with Crippen molar-refractivity contribution < 1.29 is 14.3 Å². The molecule has 0 aromatic rings. The van der Waals surface area contributed by atoms with Crippen LogP contribution < -0.4 is 5.32 Å². The normalized spacial score (nSPS) is 16.1. The molecule has 0 aromatic carbocycles. The summed E-state index contributed by atoms with van der Waals surface area (Å²) in [6.45, 7) is 23.4. The maximum atomic E-state index is 12.0. The highest BCUT2D eigenvalue weighted by atomic mass is 28.4. The first-order chi connectivity index (χ1) is 13.4. The monoisotopic (exact) mass is 423 g/mol. The zero-order valence-electron chi connectivity index (χ0n) is 19.9. The van der Waals surface area contributed by atoms with E-state index in [9.17, 15) is 9.90 Å². The van der Waals surface area contributed by atoms with Crippen molar-refractivity contribution in [3.05, 3.63) is 37.0 Å². The molecule has 0 saturated carbocycles. The van der Waals surface area contributed by atoms with Gasteiger partial charge in [-0.1, -0.05) is 51.5 Å². The van der Waals surface area contributed by atoms with Crippen molar-refractivity contribution in [1.29, 1.82) is 0 Å². The zero-order valence-corrected chi connectivity index (χ0v) is 20.9. The number of amides is 1. The van der Waals surface area contributed by atoms with Crippen molar-refractivity contribution in [3.8, 4) is 0 Å². The molecular formula is C24H45NO3Si. The Kier molecular flexibility index (Phi) is 12.7. The van der Waals surface area contributed by atoms with Crippen molar-refractivity contribution in [2.75, 3.05) is 13.2 Å². The quantitative estimate of drug-likeness (QED) is 0.217. The average molecular weight is 424 g/mol. The molecule has 5 heteroatoms. The van der Waals surface area contributed by atoms with Crippen LogP contribution in [0.4, 0.5) is 0 Å². The summed E-state index contributed by atoms with van der Waals surface area (Å²) in [6.07, 6.45) is 9.09. The highest BCUT2D eigenvalue weighted by Crippen LogP contribution is 2.39. The fourth-order valence-corrected chi connectivity index (χ4v) is 4.34. The van der Waals surface area contributed by atoms with E-state index in [2.05, 4.69) is 65.3 Å². The molecule has 168 valence electrons. The summed E-state index contributed by atoms with van der Waals surface area (Å²) < 4.78 is 6.68. The van der Waals surface area contributed by atoms with Gasteiger partial charge in [-0.3, -0.25) is 4.79 Å². The van der Waals surface area contributed by atoms with E-state index in [4.69, 9.17) is 4.43 Å². The standard InChI is InChI=1S/C24H45NO3Si/c1-10-12-13-14-15-22(27)25-17-19(3)16-20(4)23(21(11-2)18-26)28-29(8,9)24(5,6)7/h10-11,16,20-21,23,26H,1-2,12-15,17-18H2,3-9H3,(H,25,27)/b19-16-/t20-,21-,23+/m1/s1. The van der Waals surface area contributed by atoms with Crippen LogP contribution in [0.15, 0.2) is 37.0 Å². The summed E-state index contributed by atoms with van der Waals surface area (Å²) in [5.41, 5.74) is 1.10. The summed E-state index contributed by atoms with van der Waals surface area (Å²) in [7, 11) is -2.00. The van der Waals surface area contributed by atoms with Gasteiger partial charge in [0.05, 0.1) is 12.7 Å². The molecule has 2 N–H and O–H groups in total. The molecule has 0 aromatic heterocycles. The molecule has 4 nitrogen and oxygen atoms in total. The summed E-state index contributed by atoms with van der Waals surface area (Å²) in [6, 6.07) is 0. The Bertz CT molecular complexity index is 549. The van der Waals surface area contributed by atoms with Gasteiger partial charge in [0.25, 0.3) is 0 Å². The van der Waals surface area contributed by atoms with E-state index in [1.807, 2.05) is 13.0 Å². The molecule has 0 aliphatic carbocycles. The minimum atomic E-state index is -2.00. The average Bonchev–Trinajstić information content (AvgIpc) is 2.62. The van der Waals surface area contributed by atoms with Crippen LogP contribution in [-0.2, 0) is 9.22 Å². The van der Waals surface area contributed by atoms with Crippen molar-refractivity contribution in [3.63, 3.8) is 0 Å². The van der Waals surface area contributed by atoms with Crippen LogP contribution >= 0.6 is 0 Å². The van der Waals surface area contributed by atoms with Crippen molar-refractivity contribution in [2.24, 2.45) is 11.8 Å². The van der Waals surface area contributed by atoms with Crippen LogP contribution in [0.1, 0.15) is 60.3 Å². The Morgan fingerprint density at radius 2 is 1.86 bits per heavy atom. The third-order valence-corrected chi connectivity index (χ3v) is 10.3. The lowest BCUT2D eigenvalue weighted by Gasteiger charge is -2.42. The van der Waals surface area contributed by atoms with E-state index in [1.54, 1.807) is 6.08 Å². The summed E-state index contributed by atoms with van der Waals surface area (Å²) >= 11 is 0. The summed E-state index contributed by atoms with van der Waals surface area (Å²) in [5.74, 6) is 0.0641. The molecule has 0 unspecified atom stereocenters. The number of hydrogen-bond acceptors (Lipinski definition) is 3. The number of carbonyl (C=O) groups is 1. The topological polar surface area (TPSA) is 58.6 Å². The number of hydrogen-bond donors (Lipinski definition) is 2. The fourth-order valence-electron chi connectivity index (χ4n) is 2.92. The number of nitrogens with one attached hydrogen (secondary N) is 1. The van der Waals surface area contributed by atoms with E-state index < -0.39 is 8.32 Å².